The number of amides is 2. The number of ether oxygens (including phenoxy) is 1. The van der Waals surface area contributed by atoms with Crippen molar-refractivity contribution in [3.63, 3.8) is 0 Å². The molecule has 1 rings (SSSR count). The van der Waals surface area contributed by atoms with Gasteiger partial charge >= 0.3 is 6.09 Å². The summed E-state index contributed by atoms with van der Waals surface area (Å²) < 4.78 is 5.35. The number of anilines is 1. The van der Waals surface area contributed by atoms with Crippen LogP contribution in [0.15, 0.2) is 24.3 Å². The van der Waals surface area contributed by atoms with Crippen LogP contribution in [0.25, 0.3) is 4.85 Å². The zero-order chi connectivity index (χ0) is 16.9. The summed E-state index contributed by atoms with van der Waals surface area (Å²) in [5.41, 5.74) is 0.672. The summed E-state index contributed by atoms with van der Waals surface area (Å²) >= 11 is 0. The van der Waals surface area contributed by atoms with Crippen molar-refractivity contribution in [1.82, 2.24) is 5.01 Å². The van der Waals surface area contributed by atoms with Crippen LogP contribution in [0, 0.1) is 6.57 Å². The number of carbonyl (C=O) groups is 2. The smallest absolute Gasteiger partial charge is 0.434 e. The van der Waals surface area contributed by atoms with E-state index in [4.69, 9.17) is 11.3 Å². The third-order valence-corrected chi connectivity index (χ3v) is 2.76. The van der Waals surface area contributed by atoms with Gasteiger partial charge in [0, 0.05) is 19.5 Å². The molecule has 0 atom stereocenters. The van der Waals surface area contributed by atoms with Crippen LogP contribution < -0.4 is 5.01 Å². The van der Waals surface area contributed by atoms with E-state index in [1.54, 1.807) is 45.0 Å². The van der Waals surface area contributed by atoms with Gasteiger partial charge in [0.25, 0.3) is 0 Å². The molecule has 1 aromatic carbocycles. The van der Waals surface area contributed by atoms with Crippen LogP contribution in [0.2, 0.25) is 0 Å². The van der Waals surface area contributed by atoms with Gasteiger partial charge < -0.3 is 9.58 Å². The second-order valence-electron chi connectivity index (χ2n) is 5.82. The lowest BCUT2D eigenvalue weighted by Gasteiger charge is -2.32. The normalized spacial score (nSPS) is 10.5. The highest BCUT2D eigenvalue weighted by molar-refractivity contribution is 5.91. The van der Waals surface area contributed by atoms with Crippen molar-refractivity contribution in [2.24, 2.45) is 0 Å². The van der Waals surface area contributed by atoms with Crippen LogP contribution >= 0.6 is 0 Å². The highest BCUT2D eigenvalue weighted by Crippen LogP contribution is 2.21. The van der Waals surface area contributed by atoms with E-state index in [0.717, 1.165) is 5.56 Å². The van der Waals surface area contributed by atoms with E-state index >= 15 is 0 Å². The first-order chi connectivity index (χ1) is 10.2. The fourth-order valence-corrected chi connectivity index (χ4v) is 1.68. The maximum atomic E-state index is 12.4. The molecule has 0 unspecified atom stereocenters. The van der Waals surface area contributed by atoms with Crippen molar-refractivity contribution >= 4 is 17.7 Å². The topological polar surface area (TPSA) is 54.2 Å². The second-order valence-corrected chi connectivity index (χ2v) is 5.82. The molecule has 118 valence electrons. The van der Waals surface area contributed by atoms with E-state index < -0.39 is 11.7 Å². The van der Waals surface area contributed by atoms with Crippen LogP contribution in [0.5, 0.6) is 0 Å². The molecule has 0 saturated heterocycles. The van der Waals surface area contributed by atoms with Crippen molar-refractivity contribution in [2.75, 3.05) is 12.1 Å². The van der Waals surface area contributed by atoms with Crippen LogP contribution in [-0.2, 0) is 16.1 Å². The third kappa shape index (κ3) is 4.77. The summed E-state index contributed by atoms with van der Waals surface area (Å²) in [5, 5.41) is 2.37. The van der Waals surface area contributed by atoms with E-state index in [-0.39, 0.29) is 12.5 Å². The number of nitrogens with zero attached hydrogens (tertiary/aromatic N) is 3. The number of benzene rings is 1. The molecular formula is C16H21N3O3. The Morgan fingerprint density at radius 3 is 2.18 bits per heavy atom. The molecule has 0 aliphatic carbocycles. The molecule has 22 heavy (non-hydrogen) atoms. The van der Waals surface area contributed by atoms with Gasteiger partial charge in [-0.1, -0.05) is 0 Å². The van der Waals surface area contributed by atoms with E-state index in [9.17, 15) is 9.59 Å². The molecule has 6 heteroatoms. The van der Waals surface area contributed by atoms with Gasteiger partial charge in [-0.25, -0.2) is 16.4 Å². The molecule has 2 amide bonds. The van der Waals surface area contributed by atoms with E-state index in [2.05, 4.69) is 4.85 Å². The standard InChI is InChI=1S/C16H21N3O3/c1-12(20)18(6)19(15(21)22-16(2,3)4)14-9-7-13(8-10-14)11-17-5/h7-10H,11H2,1-4,6H3. The van der Waals surface area contributed by atoms with Gasteiger partial charge in [-0.15, -0.1) is 0 Å². The Morgan fingerprint density at radius 1 is 1.23 bits per heavy atom. The van der Waals surface area contributed by atoms with Gasteiger partial charge in [-0.05, 0) is 45.0 Å². The molecule has 0 fully saturated rings. The lowest BCUT2D eigenvalue weighted by molar-refractivity contribution is -0.128. The number of carbonyl (C=O) groups excluding carboxylic acids is 2. The molecule has 0 aliphatic heterocycles. The van der Waals surface area contributed by atoms with Gasteiger partial charge in [0.05, 0.1) is 5.69 Å². The summed E-state index contributed by atoms with van der Waals surface area (Å²) in [4.78, 5) is 27.3. The lowest BCUT2D eigenvalue weighted by Crippen LogP contribution is -2.49. The zero-order valence-corrected chi connectivity index (χ0v) is 13.6. The molecule has 0 aromatic heterocycles. The minimum absolute atomic E-state index is 0.273. The maximum Gasteiger partial charge on any atom is 0.434 e. The number of hydrogen-bond acceptors (Lipinski definition) is 3. The Labute approximate surface area is 131 Å². The van der Waals surface area contributed by atoms with Gasteiger partial charge in [0.1, 0.15) is 5.60 Å². The van der Waals surface area contributed by atoms with Crippen molar-refractivity contribution < 1.29 is 14.3 Å². The van der Waals surface area contributed by atoms with Crippen LogP contribution in [0.1, 0.15) is 33.3 Å². The zero-order valence-electron chi connectivity index (χ0n) is 13.6. The van der Waals surface area contributed by atoms with Gasteiger partial charge in [0.15, 0.2) is 0 Å². The SMILES string of the molecule is [C-]#[N+]Cc1ccc(N(C(=O)OC(C)(C)C)N(C)C(C)=O)cc1. The first-order valence-corrected chi connectivity index (χ1v) is 6.85. The fraction of sp³-hybridized carbons (Fsp3) is 0.438. The number of hydrazine groups is 1. The minimum atomic E-state index is -0.670. The number of hydrogen-bond donors (Lipinski definition) is 0. The lowest BCUT2D eigenvalue weighted by atomic mass is 10.2. The monoisotopic (exact) mass is 303 g/mol. The fourth-order valence-electron chi connectivity index (χ4n) is 1.68. The summed E-state index contributed by atoms with van der Waals surface area (Å²) in [5.74, 6) is -0.295. The van der Waals surface area contributed by atoms with E-state index in [1.807, 2.05) is 0 Å². The second kappa shape index (κ2) is 6.94. The molecule has 1 aromatic rings. The molecule has 0 aliphatic rings. The average molecular weight is 303 g/mol. The van der Waals surface area contributed by atoms with Gasteiger partial charge in [0.2, 0.25) is 12.5 Å². The minimum Gasteiger partial charge on any atom is -0.442 e. The Bertz CT molecular complexity index is 582. The predicted molar refractivity (Wildman–Crippen MR) is 83.9 cm³/mol. The highest BCUT2D eigenvalue weighted by atomic mass is 16.6. The molecular weight excluding hydrogens is 282 g/mol. The Kier molecular flexibility index (Phi) is 5.52. The van der Waals surface area contributed by atoms with Crippen LogP contribution in [-0.4, -0.2) is 29.7 Å². The van der Waals surface area contributed by atoms with Crippen LogP contribution in [0.4, 0.5) is 10.5 Å². The van der Waals surface area contributed by atoms with Crippen LogP contribution in [0.3, 0.4) is 0 Å². The van der Waals surface area contributed by atoms with E-state index in [1.165, 1.54) is 24.0 Å². The molecule has 0 bridgehead atoms. The third-order valence-electron chi connectivity index (χ3n) is 2.76. The summed E-state index contributed by atoms with van der Waals surface area (Å²) in [6, 6.07) is 6.87. The Balaban J connectivity index is 3.12. The quantitative estimate of drug-likeness (QED) is 0.622. The van der Waals surface area contributed by atoms with Gasteiger partial charge in [-0.3, -0.25) is 4.79 Å². The Hall–Kier alpha value is -2.55. The first kappa shape index (κ1) is 17.5. The molecule has 0 saturated carbocycles. The van der Waals surface area contributed by atoms with Crippen molar-refractivity contribution in [1.29, 1.82) is 0 Å². The highest BCUT2D eigenvalue weighted by Gasteiger charge is 2.28. The maximum absolute atomic E-state index is 12.4. The molecule has 0 N–H and O–H groups in total. The summed E-state index contributed by atoms with van der Waals surface area (Å²) in [6.45, 7) is 13.8. The molecule has 0 heterocycles. The summed E-state index contributed by atoms with van der Waals surface area (Å²) in [6.07, 6.45) is -0.636. The average Bonchev–Trinajstić information content (AvgIpc) is 2.39. The van der Waals surface area contributed by atoms with Gasteiger partial charge in [-0.2, -0.15) is 5.01 Å². The summed E-state index contributed by atoms with van der Waals surface area (Å²) in [7, 11) is 1.50. The van der Waals surface area contributed by atoms with Crippen molar-refractivity contribution in [3.05, 3.63) is 41.2 Å². The Morgan fingerprint density at radius 2 is 1.77 bits per heavy atom. The van der Waals surface area contributed by atoms with Crippen molar-refractivity contribution in [3.8, 4) is 0 Å². The largest absolute Gasteiger partial charge is 0.442 e. The van der Waals surface area contributed by atoms with E-state index in [0.29, 0.717) is 5.69 Å². The molecule has 0 spiro atoms. The predicted octanol–water partition coefficient (Wildman–Crippen LogP) is 3.24. The molecule has 6 nitrogen and oxygen atoms in total. The number of rotatable bonds is 2. The molecule has 0 radical (unpaired) electrons. The van der Waals surface area contributed by atoms with Crippen molar-refractivity contribution in [2.45, 2.75) is 39.8 Å². The first-order valence-electron chi connectivity index (χ1n) is 6.85.